The number of benzene rings is 2. The zero-order valence-corrected chi connectivity index (χ0v) is 14.5. The van der Waals surface area contributed by atoms with Crippen LogP contribution in [-0.2, 0) is 11.2 Å². The number of aryl methyl sites for hydroxylation is 1. The Morgan fingerprint density at radius 2 is 1.83 bits per heavy atom. The number of carbonyl (C=O) groups is 1. The molecule has 23 heavy (non-hydrogen) atoms. The lowest BCUT2D eigenvalue weighted by Gasteiger charge is -2.29. The molecule has 0 aromatic heterocycles. The van der Waals surface area contributed by atoms with Crippen molar-refractivity contribution in [3.8, 4) is 5.75 Å². The van der Waals surface area contributed by atoms with E-state index in [1.807, 2.05) is 24.3 Å². The molecule has 0 saturated heterocycles. The summed E-state index contributed by atoms with van der Waals surface area (Å²) >= 11 is 17.9. The van der Waals surface area contributed by atoms with Crippen molar-refractivity contribution >= 4 is 46.4 Å². The standard InChI is InChI=1S/C17H14Cl3NO2/c18-12-8-14(20)16(9-13(12)19)23-10-17(22)21-7-3-5-11-4-1-2-6-15(11)21/h1-2,4,6,8-9H,3,5,7,10H2. The maximum atomic E-state index is 12.5. The number of carbonyl (C=O) groups excluding carboxylic acids is 1. The SMILES string of the molecule is O=C(COc1cc(Cl)c(Cl)cc1Cl)N1CCCc2ccccc21. The van der Waals surface area contributed by atoms with Gasteiger partial charge < -0.3 is 9.64 Å². The van der Waals surface area contributed by atoms with Gasteiger partial charge in [-0.15, -0.1) is 0 Å². The molecule has 0 radical (unpaired) electrons. The fourth-order valence-corrected chi connectivity index (χ4v) is 3.22. The summed E-state index contributed by atoms with van der Waals surface area (Å²) in [6.45, 7) is 0.584. The van der Waals surface area contributed by atoms with Crippen molar-refractivity contribution in [2.24, 2.45) is 0 Å². The molecule has 6 heteroatoms. The van der Waals surface area contributed by atoms with Crippen LogP contribution in [0.15, 0.2) is 36.4 Å². The molecule has 0 bridgehead atoms. The van der Waals surface area contributed by atoms with E-state index >= 15 is 0 Å². The van der Waals surface area contributed by atoms with Gasteiger partial charge in [0.1, 0.15) is 5.75 Å². The molecule has 3 rings (SSSR count). The number of anilines is 1. The van der Waals surface area contributed by atoms with E-state index in [1.54, 1.807) is 4.90 Å². The maximum absolute atomic E-state index is 12.5. The number of para-hydroxylation sites is 1. The lowest BCUT2D eigenvalue weighted by molar-refractivity contribution is -0.120. The molecule has 0 fully saturated rings. The second kappa shape index (κ2) is 7.00. The van der Waals surface area contributed by atoms with Gasteiger partial charge in [0.2, 0.25) is 0 Å². The highest BCUT2D eigenvalue weighted by Gasteiger charge is 2.22. The van der Waals surface area contributed by atoms with E-state index in [2.05, 4.69) is 0 Å². The third-order valence-electron chi connectivity index (χ3n) is 3.74. The van der Waals surface area contributed by atoms with Crippen molar-refractivity contribution in [3.63, 3.8) is 0 Å². The van der Waals surface area contributed by atoms with E-state index in [0.29, 0.717) is 27.4 Å². The van der Waals surface area contributed by atoms with Gasteiger partial charge in [0.05, 0.1) is 15.1 Å². The molecule has 2 aromatic rings. The minimum Gasteiger partial charge on any atom is -0.482 e. The molecule has 2 aromatic carbocycles. The number of halogens is 3. The Kier molecular flexibility index (Phi) is 5.00. The van der Waals surface area contributed by atoms with Crippen molar-refractivity contribution in [1.82, 2.24) is 0 Å². The van der Waals surface area contributed by atoms with E-state index in [0.717, 1.165) is 18.5 Å². The topological polar surface area (TPSA) is 29.5 Å². The Bertz CT molecular complexity index is 749. The zero-order valence-electron chi connectivity index (χ0n) is 12.2. The third-order valence-corrected chi connectivity index (χ3v) is 4.75. The summed E-state index contributed by atoms with van der Waals surface area (Å²) in [7, 11) is 0. The number of rotatable bonds is 3. The zero-order chi connectivity index (χ0) is 16.4. The summed E-state index contributed by atoms with van der Waals surface area (Å²) in [6, 6.07) is 10.9. The highest BCUT2D eigenvalue weighted by atomic mass is 35.5. The first-order chi connectivity index (χ1) is 11.1. The van der Waals surface area contributed by atoms with Gasteiger partial charge in [-0.05, 0) is 30.5 Å². The van der Waals surface area contributed by atoms with Crippen LogP contribution in [0.2, 0.25) is 15.1 Å². The quantitative estimate of drug-likeness (QED) is 0.711. The monoisotopic (exact) mass is 369 g/mol. The van der Waals surface area contributed by atoms with Crippen LogP contribution in [0.3, 0.4) is 0 Å². The first-order valence-corrected chi connectivity index (χ1v) is 8.35. The van der Waals surface area contributed by atoms with Gasteiger partial charge in [0.25, 0.3) is 5.91 Å². The highest BCUT2D eigenvalue weighted by Crippen LogP contribution is 2.34. The van der Waals surface area contributed by atoms with Crippen molar-refractivity contribution in [2.75, 3.05) is 18.1 Å². The molecule has 0 spiro atoms. The van der Waals surface area contributed by atoms with E-state index < -0.39 is 0 Å². The van der Waals surface area contributed by atoms with Crippen LogP contribution in [0.5, 0.6) is 5.75 Å². The van der Waals surface area contributed by atoms with Crippen LogP contribution in [0.1, 0.15) is 12.0 Å². The fourth-order valence-electron chi connectivity index (χ4n) is 2.63. The Labute approximate surface area is 149 Å². The number of hydrogen-bond acceptors (Lipinski definition) is 2. The molecule has 0 aliphatic carbocycles. The van der Waals surface area contributed by atoms with Crippen LogP contribution in [0, 0.1) is 0 Å². The van der Waals surface area contributed by atoms with Crippen molar-refractivity contribution in [3.05, 3.63) is 57.0 Å². The van der Waals surface area contributed by atoms with E-state index in [1.165, 1.54) is 17.7 Å². The average Bonchev–Trinajstić information content (AvgIpc) is 2.56. The Morgan fingerprint density at radius 1 is 1.09 bits per heavy atom. The number of fused-ring (bicyclic) bond motifs is 1. The Balaban J connectivity index is 1.73. The van der Waals surface area contributed by atoms with Crippen LogP contribution in [0.25, 0.3) is 0 Å². The van der Waals surface area contributed by atoms with Crippen LogP contribution in [0.4, 0.5) is 5.69 Å². The molecule has 0 unspecified atom stereocenters. The van der Waals surface area contributed by atoms with Gasteiger partial charge in [0, 0.05) is 18.3 Å². The number of nitrogens with zero attached hydrogens (tertiary/aromatic N) is 1. The average molecular weight is 371 g/mol. The minimum atomic E-state index is -0.112. The van der Waals surface area contributed by atoms with Crippen LogP contribution < -0.4 is 9.64 Å². The first kappa shape index (κ1) is 16.4. The molecule has 1 amide bonds. The summed E-state index contributed by atoms with van der Waals surface area (Å²) in [5.41, 5.74) is 2.13. The van der Waals surface area contributed by atoms with Gasteiger partial charge in [-0.25, -0.2) is 0 Å². The molecule has 0 saturated carbocycles. The van der Waals surface area contributed by atoms with E-state index in [9.17, 15) is 4.79 Å². The summed E-state index contributed by atoms with van der Waals surface area (Å²) in [5.74, 6) is 0.235. The van der Waals surface area contributed by atoms with Gasteiger partial charge in [-0.3, -0.25) is 4.79 Å². The second-order valence-corrected chi connectivity index (χ2v) is 6.48. The smallest absolute Gasteiger partial charge is 0.264 e. The molecular formula is C17H14Cl3NO2. The van der Waals surface area contributed by atoms with Gasteiger partial charge in [-0.1, -0.05) is 53.0 Å². The lowest BCUT2D eigenvalue weighted by atomic mass is 10.0. The van der Waals surface area contributed by atoms with Crippen molar-refractivity contribution in [1.29, 1.82) is 0 Å². The maximum Gasteiger partial charge on any atom is 0.264 e. The normalized spacial score (nSPS) is 13.6. The molecule has 1 aliphatic heterocycles. The first-order valence-electron chi connectivity index (χ1n) is 7.22. The molecule has 1 heterocycles. The largest absolute Gasteiger partial charge is 0.482 e. The number of hydrogen-bond donors (Lipinski definition) is 0. The summed E-state index contributed by atoms with van der Waals surface area (Å²) < 4.78 is 5.54. The predicted molar refractivity (Wildman–Crippen MR) is 94.1 cm³/mol. The Morgan fingerprint density at radius 3 is 2.65 bits per heavy atom. The highest BCUT2D eigenvalue weighted by molar-refractivity contribution is 6.43. The fraction of sp³-hybridized carbons (Fsp3) is 0.235. The molecule has 0 N–H and O–H groups in total. The van der Waals surface area contributed by atoms with E-state index in [-0.39, 0.29) is 12.5 Å². The summed E-state index contributed by atoms with van der Waals surface area (Å²) in [4.78, 5) is 14.3. The van der Waals surface area contributed by atoms with Crippen molar-refractivity contribution in [2.45, 2.75) is 12.8 Å². The van der Waals surface area contributed by atoms with Gasteiger partial charge in [-0.2, -0.15) is 0 Å². The van der Waals surface area contributed by atoms with Gasteiger partial charge in [0.15, 0.2) is 6.61 Å². The molecule has 1 aliphatic rings. The summed E-state index contributed by atoms with van der Waals surface area (Å²) in [5, 5.41) is 1.01. The lowest BCUT2D eigenvalue weighted by Crippen LogP contribution is -2.38. The molecular weight excluding hydrogens is 357 g/mol. The van der Waals surface area contributed by atoms with Crippen LogP contribution >= 0.6 is 34.8 Å². The predicted octanol–water partition coefficient (Wildman–Crippen LogP) is 5.01. The molecule has 3 nitrogen and oxygen atoms in total. The van der Waals surface area contributed by atoms with Crippen molar-refractivity contribution < 1.29 is 9.53 Å². The van der Waals surface area contributed by atoms with Crippen LogP contribution in [-0.4, -0.2) is 19.1 Å². The van der Waals surface area contributed by atoms with E-state index in [4.69, 9.17) is 39.5 Å². The summed E-state index contributed by atoms with van der Waals surface area (Å²) in [6.07, 6.45) is 1.93. The minimum absolute atomic E-state index is 0.105. The van der Waals surface area contributed by atoms with Gasteiger partial charge >= 0.3 is 0 Å². The molecule has 0 atom stereocenters. The second-order valence-electron chi connectivity index (χ2n) is 5.26. The molecule has 120 valence electrons. The number of amides is 1. The Hall–Kier alpha value is -1.42. The third kappa shape index (κ3) is 3.57. The number of ether oxygens (including phenoxy) is 1.